The first-order chi connectivity index (χ1) is 14.6. The van der Waals surface area contributed by atoms with Crippen molar-refractivity contribution in [2.45, 2.75) is 23.3 Å². The highest BCUT2D eigenvalue weighted by Crippen LogP contribution is 2.25. The maximum atomic E-state index is 11.7. The third-order valence-corrected chi connectivity index (χ3v) is 7.92. The summed E-state index contributed by atoms with van der Waals surface area (Å²) in [6, 6.07) is 0. The second-order valence-corrected chi connectivity index (χ2v) is 11.6. The molecular formula is C12H12N2O14S4. The Balaban J connectivity index is 1.76. The molecule has 2 atom stereocenters. The Hall–Kier alpha value is -2.26. The van der Waals surface area contributed by atoms with E-state index in [0.29, 0.717) is 21.6 Å². The van der Waals surface area contributed by atoms with E-state index in [0.717, 1.165) is 0 Å². The van der Waals surface area contributed by atoms with Gasteiger partial charge in [-0.2, -0.15) is 16.8 Å². The van der Waals surface area contributed by atoms with Gasteiger partial charge in [0.15, 0.2) is 10.5 Å². The SMILES string of the molecule is O=C(CSSCC(=O)ON1C(=O)CC(S(=O)(=O)O)C1=O)ON1C(=O)CC(S(=O)(=O)O)C1=O. The number of hydrogen-bond donors (Lipinski definition) is 2. The van der Waals surface area contributed by atoms with Gasteiger partial charge in [0, 0.05) is 0 Å². The van der Waals surface area contributed by atoms with E-state index in [1.807, 2.05) is 0 Å². The fourth-order valence-electron chi connectivity index (χ4n) is 2.26. The molecule has 2 aliphatic heterocycles. The molecule has 2 rings (SSSR count). The standard InChI is InChI=1S/C12H12N2O14S4/c15-7-1-5(31(21,22)23)11(19)13(7)27-9(17)3-29-30-4-10(18)28-14-8(16)2-6(12(14)20)32(24,25)26/h5-6H,1-4H2,(H,21,22,23)(H,24,25,26). The molecule has 0 saturated carbocycles. The van der Waals surface area contributed by atoms with Crippen LogP contribution in [0.2, 0.25) is 0 Å². The molecule has 0 spiro atoms. The molecule has 0 aromatic carbocycles. The van der Waals surface area contributed by atoms with E-state index in [-0.39, 0.29) is 10.1 Å². The fourth-order valence-corrected chi connectivity index (χ4v) is 5.21. The highest BCUT2D eigenvalue weighted by Gasteiger charge is 2.49. The van der Waals surface area contributed by atoms with Crippen molar-refractivity contribution < 1.29 is 64.4 Å². The zero-order valence-corrected chi connectivity index (χ0v) is 18.6. The highest BCUT2D eigenvalue weighted by molar-refractivity contribution is 8.77. The average molecular weight is 536 g/mol. The summed E-state index contributed by atoms with van der Waals surface area (Å²) in [5.41, 5.74) is 0. The van der Waals surface area contributed by atoms with E-state index in [1.54, 1.807) is 0 Å². The molecular weight excluding hydrogens is 524 g/mol. The molecule has 4 amide bonds. The molecule has 2 aliphatic rings. The molecule has 178 valence electrons. The average Bonchev–Trinajstić information content (AvgIpc) is 3.10. The lowest BCUT2D eigenvalue weighted by molar-refractivity contribution is -0.195. The minimum Gasteiger partial charge on any atom is -0.329 e. The summed E-state index contributed by atoms with van der Waals surface area (Å²) >= 11 is 0. The molecule has 2 heterocycles. The molecule has 0 aliphatic carbocycles. The Labute approximate surface area is 186 Å². The Bertz CT molecular complexity index is 997. The molecule has 2 unspecified atom stereocenters. The number of rotatable bonds is 9. The number of nitrogens with zero attached hydrogens (tertiary/aromatic N) is 2. The topological polar surface area (TPSA) is 236 Å². The number of imide groups is 2. The van der Waals surface area contributed by atoms with Gasteiger partial charge in [0.25, 0.3) is 43.9 Å². The summed E-state index contributed by atoms with van der Waals surface area (Å²) in [6.45, 7) is 0. The van der Waals surface area contributed by atoms with Crippen LogP contribution in [-0.2, 0) is 58.7 Å². The monoisotopic (exact) mass is 536 g/mol. The maximum Gasteiger partial charge on any atom is 0.343 e. The van der Waals surface area contributed by atoms with Crippen molar-refractivity contribution in [3.05, 3.63) is 0 Å². The fraction of sp³-hybridized carbons (Fsp3) is 0.500. The van der Waals surface area contributed by atoms with E-state index in [4.69, 9.17) is 9.11 Å². The third kappa shape index (κ3) is 6.16. The number of hydroxylamine groups is 4. The van der Waals surface area contributed by atoms with Gasteiger partial charge >= 0.3 is 11.9 Å². The minimum absolute atomic E-state index is 0.101. The van der Waals surface area contributed by atoms with Gasteiger partial charge in [-0.05, 0) is 0 Å². The van der Waals surface area contributed by atoms with Crippen LogP contribution in [0.25, 0.3) is 0 Å². The lowest BCUT2D eigenvalue weighted by Gasteiger charge is -2.13. The van der Waals surface area contributed by atoms with Gasteiger partial charge in [-0.3, -0.25) is 28.3 Å². The maximum absolute atomic E-state index is 11.7. The summed E-state index contributed by atoms with van der Waals surface area (Å²) in [4.78, 5) is 78.8. The summed E-state index contributed by atoms with van der Waals surface area (Å²) in [5, 5.41) is -4.38. The molecule has 2 fully saturated rings. The Morgan fingerprint density at radius 2 is 1.09 bits per heavy atom. The Morgan fingerprint density at radius 1 is 0.781 bits per heavy atom. The van der Waals surface area contributed by atoms with Crippen LogP contribution in [0.1, 0.15) is 12.8 Å². The van der Waals surface area contributed by atoms with Crippen LogP contribution < -0.4 is 0 Å². The van der Waals surface area contributed by atoms with Crippen molar-refractivity contribution in [3.63, 3.8) is 0 Å². The van der Waals surface area contributed by atoms with Crippen LogP contribution in [-0.4, -0.2) is 93.6 Å². The molecule has 16 nitrogen and oxygen atoms in total. The highest BCUT2D eigenvalue weighted by atomic mass is 33.1. The quantitative estimate of drug-likeness (QED) is 0.132. The number of amides is 4. The van der Waals surface area contributed by atoms with Crippen molar-refractivity contribution in [1.29, 1.82) is 0 Å². The van der Waals surface area contributed by atoms with Crippen LogP contribution in [0.15, 0.2) is 0 Å². The molecule has 2 N–H and O–H groups in total. The predicted molar refractivity (Wildman–Crippen MR) is 101 cm³/mol. The first-order valence-corrected chi connectivity index (χ1v) is 13.4. The van der Waals surface area contributed by atoms with Gasteiger partial charge < -0.3 is 9.68 Å². The van der Waals surface area contributed by atoms with E-state index in [9.17, 15) is 45.6 Å². The normalized spacial score (nSPS) is 21.9. The second-order valence-electron chi connectivity index (χ2n) is 5.92. The number of carbonyl (C=O) groups is 6. The van der Waals surface area contributed by atoms with Crippen LogP contribution in [0.5, 0.6) is 0 Å². The molecule has 20 heteroatoms. The molecule has 32 heavy (non-hydrogen) atoms. The summed E-state index contributed by atoms with van der Waals surface area (Å²) < 4.78 is 61.7. The molecule has 0 aromatic heterocycles. The zero-order valence-electron chi connectivity index (χ0n) is 15.3. The van der Waals surface area contributed by atoms with Gasteiger partial charge in [0.2, 0.25) is 0 Å². The van der Waals surface area contributed by atoms with Gasteiger partial charge in [-0.1, -0.05) is 21.6 Å². The molecule has 0 radical (unpaired) electrons. The second kappa shape index (κ2) is 9.70. The summed E-state index contributed by atoms with van der Waals surface area (Å²) in [5.74, 6) is -8.73. The van der Waals surface area contributed by atoms with Gasteiger partial charge in [0.1, 0.15) is 11.5 Å². The Kier molecular flexibility index (Phi) is 7.88. The first kappa shape index (κ1) is 26.0. The molecule has 0 bridgehead atoms. The third-order valence-electron chi connectivity index (χ3n) is 3.67. The van der Waals surface area contributed by atoms with Crippen molar-refractivity contribution in [1.82, 2.24) is 10.1 Å². The lowest BCUT2D eigenvalue weighted by Crippen LogP contribution is -2.37. The molecule has 2 saturated heterocycles. The van der Waals surface area contributed by atoms with Crippen LogP contribution in [0, 0.1) is 0 Å². The largest absolute Gasteiger partial charge is 0.343 e. The summed E-state index contributed by atoms with van der Waals surface area (Å²) in [6.07, 6.45) is -1.82. The van der Waals surface area contributed by atoms with Crippen molar-refractivity contribution >= 4 is 77.4 Å². The predicted octanol–water partition coefficient (Wildman–Crippen LogP) is -2.69. The van der Waals surface area contributed by atoms with Crippen LogP contribution >= 0.6 is 21.6 Å². The first-order valence-electron chi connectivity index (χ1n) is 7.95. The number of hydrogen-bond acceptors (Lipinski definition) is 14. The van der Waals surface area contributed by atoms with E-state index >= 15 is 0 Å². The van der Waals surface area contributed by atoms with Crippen LogP contribution in [0.4, 0.5) is 0 Å². The van der Waals surface area contributed by atoms with Crippen molar-refractivity contribution in [2.24, 2.45) is 0 Å². The van der Waals surface area contributed by atoms with Gasteiger partial charge in [-0.25, -0.2) is 9.59 Å². The molecule has 0 aromatic rings. The van der Waals surface area contributed by atoms with Gasteiger partial charge in [-0.15, -0.1) is 10.1 Å². The summed E-state index contributed by atoms with van der Waals surface area (Å²) in [7, 11) is -8.46. The van der Waals surface area contributed by atoms with Gasteiger partial charge in [0.05, 0.1) is 12.8 Å². The number of carbonyl (C=O) groups excluding carboxylic acids is 6. The zero-order chi connectivity index (χ0) is 24.4. The lowest BCUT2D eigenvalue weighted by atomic mass is 10.4. The van der Waals surface area contributed by atoms with E-state index in [2.05, 4.69) is 9.68 Å². The minimum atomic E-state index is -4.88. The Morgan fingerprint density at radius 3 is 1.34 bits per heavy atom. The van der Waals surface area contributed by atoms with E-state index < -0.39 is 90.7 Å². The van der Waals surface area contributed by atoms with Crippen molar-refractivity contribution in [2.75, 3.05) is 11.5 Å². The van der Waals surface area contributed by atoms with Crippen molar-refractivity contribution in [3.8, 4) is 0 Å². The van der Waals surface area contributed by atoms with E-state index in [1.165, 1.54) is 0 Å². The smallest absolute Gasteiger partial charge is 0.329 e. The van der Waals surface area contributed by atoms with Crippen LogP contribution in [0.3, 0.4) is 0 Å².